The standard InChI is InChI=1S/C11H9BrN2O2/c12-9-4-10(6-13-5-9)16-11-3-8(7-15)1-2-14-11/h1-6,15H,7H2. The number of nitrogens with zero attached hydrogens (tertiary/aromatic N) is 2. The fourth-order valence-corrected chi connectivity index (χ4v) is 1.52. The van der Waals surface area contributed by atoms with Crippen LogP contribution in [-0.4, -0.2) is 15.1 Å². The Morgan fingerprint density at radius 3 is 2.94 bits per heavy atom. The van der Waals surface area contributed by atoms with Crippen LogP contribution in [0, 0.1) is 0 Å². The fourth-order valence-electron chi connectivity index (χ4n) is 1.17. The van der Waals surface area contributed by atoms with Crippen molar-refractivity contribution in [2.45, 2.75) is 6.61 Å². The van der Waals surface area contributed by atoms with Gasteiger partial charge in [-0.15, -0.1) is 0 Å². The first-order chi connectivity index (χ1) is 7.78. The van der Waals surface area contributed by atoms with Gasteiger partial charge in [0.15, 0.2) is 0 Å². The van der Waals surface area contributed by atoms with Crippen LogP contribution >= 0.6 is 15.9 Å². The quantitative estimate of drug-likeness (QED) is 0.939. The van der Waals surface area contributed by atoms with Gasteiger partial charge in [0.1, 0.15) is 5.75 Å². The monoisotopic (exact) mass is 280 g/mol. The normalized spacial score (nSPS) is 10.1. The van der Waals surface area contributed by atoms with Crippen molar-refractivity contribution in [3.8, 4) is 11.6 Å². The maximum atomic E-state index is 8.97. The van der Waals surface area contributed by atoms with Crippen LogP contribution in [0.3, 0.4) is 0 Å². The molecule has 0 aliphatic rings. The summed E-state index contributed by atoms with van der Waals surface area (Å²) in [6.45, 7) is -0.0321. The second kappa shape index (κ2) is 5.05. The van der Waals surface area contributed by atoms with E-state index in [1.165, 1.54) is 0 Å². The summed E-state index contributed by atoms with van der Waals surface area (Å²) in [5.74, 6) is 1.03. The molecule has 0 fully saturated rings. The van der Waals surface area contributed by atoms with Crippen LogP contribution in [0.25, 0.3) is 0 Å². The van der Waals surface area contributed by atoms with Crippen molar-refractivity contribution in [1.82, 2.24) is 9.97 Å². The molecule has 2 heterocycles. The first kappa shape index (κ1) is 11.0. The minimum atomic E-state index is -0.0321. The third-order valence-corrected chi connectivity index (χ3v) is 2.32. The summed E-state index contributed by atoms with van der Waals surface area (Å²) in [7, 11) is 0. The zero-order valence-corrected chi connectivity index (χ0v) is 9.89. The smallest absolute Gasteiger partial charge is 0.219 e. The molecule has 0 radical (unpaired) electrons. The highest BCUT2D eigenvalue weighted by molar-refractivity contribution is 9.10. The lowest BCUT2D eigenvalue weighted by atomic mass is 10.3. The lowest BCUT2D eigenvalue weighted by Gasteiger charge is -2.05. The molecule has 82 valence electrons. The predicted octanol–water partition coefficient (Wildman–Crippen LogP) is 2.52. The van der Waals surface area contributed by atoms with Crippen molar-refractivity contribution in [3.63, 3.8) is 0 Å². The Hall–Kier alpha value is -1.46. The summed E-state index contributed by atoms with van der Waals surface area (Å²) in [5, 5.41) is 8.97. The molecular formula is C11H9BrN2O2. The van der Waals surface area contributed by atoms with Gasteiger partial charge in [0.05, 0.1) is 12.8 Å². The van der Waals surface area contributed by atoms with Gasteiger partial charge in [-0.1, -0.05) is 0 Å². The molecule has 0 bridgehead atoms. The van der Waals surface area contributed by atoms with Crippen LogP contribution in [0.15, 0.2) is 41.3 Å². The van der Waals surface area contributed by atoms with Crippen molar-refractivity contribution >= 4 is 15.9 Å². The second-order valence-electron chi connectivity index (χ2n) is 3.10. The highest BCUT2D eigenvalue weighted by atomic mass is 79.9. The molecule has 4 nitrogen and oxygen atoms in total. The van der Waals surface area contributed by atoms with Gasteiger partial charge in [-0.05, 0) is 33.6 Å². The van der Waals surface area contributed by atoms with E-state index in [0.717, 1.165) is 10.0 Å². The number of halogens is 1. The Labute approximate surface area is 101 Å². The molecule has 2 rings (SSSR count). The average Bonchev–Trinajstić information content (AvgIpc) is 2.29. The molecular weight excluding hydrogens is 272 g/mol. The van der Waals surface area contributed by atoms with E-state index in [2.05, 4.69) is 25.9 Å². The zero-order chi connectivity index (χ0) is 11.4. The van der Waals surface area contributed by atoms with E-state index in [1.807, 2.05) is 0 Å². The first-order valence-electron chi connectivity index (χ1n) is 4.62. The van der Waals surface area contributed by atoms with Gasteiger partial charge in [-0.2, -0.15) is 0 Å². The molecule has 0 aromatic carbocycles. The number of ether oxygens (including phenoxy) is 1. The SMILES string of the molecule is OCc1ccnc(Oc2cncc(Br)c2)c1. The van der Waals surface area contributed by atoms with Gasteiger partial charge in [0, 0.05) is 22.9 Å². The van der Waals surface area contributed by atoms with E-state index in [4.69, 9.17) is 9.84 Å². The van der Waals surface area contributed by atoms with Crippen molar-refractivity contribution in [3.05, 3.63) is 46.8 Å². The maximum absolute atomic E-state index is 8.97. The third kappa shape index (κ3) is 2.77. The molecule has 16 heavy (non-hydrogen) atoms. The van der Waals surface area contributed by atoms with E-state index in [0.29, 0.717) is 11.6 Å². The van der Waals surface area contributed by atoms with Gasteiger partial charge in [0.25, 0.3) is 0 Å². The van der Waals surface area contributed by atoms with Crippen LogP contribution in [0.2, 0.25) is 0 Å². The molecule has 0 saturated carbocycles. The van der Waals surface area contributed by atoms with Gasteiger partial charge in [-0.25, -0.2) is 4.98 Å². The largest absolute Gasteiger partial charge is 0.437 e. The van der Waals surface area contributed by atoms with Gasteiger partial charge >= 0.3 is 0 Å². The van der Waals surface area contributed by atoms with Gasteiger partial charge < -0.3 is 9.84 Å². The zero-order valence-electron chi connectivity index (χ0n) is 8.30. The highest BCUT2D eigenvalue weighted by Gasteiger charge is 2.00. The maximum Gasteiger partial charge on any atom is 0.219 e. The lowest BCUT2D eigenvalue weighted by Crippen LogP contribution is -1.91. The number of hydrogen-bond donors (Lipinski definition) is 1. The fraction of sp³-hybridized carbons (Fsp3) is 0.0909. The van der Waals surface area contributed by atoms with Gasteiger partial charge in [0.2, 0.25) is 5.88 Å². The number of pyridine rings is 2. The molecule has 0 saturated heterocycles. The molecule has 0 aliphatic heterocycles. The molecule has 2 aromatic heterocycles. The number of hydrogen-bond acceptors (Lipinski definition) is 4. The summed E-state index contributed by atoms with van der Waals surface area (Å²) < 4.78 is 6.32. The second-order valence-corrected chi connectivity index (χ2v) is 4.02. The number of aromatic nitrogens is 2. The Kier molecular flexibility index (Phi) is 3.48. The van der Waals surface area contributed by atoms with Crippen molar-refractivity contribution in [1.29, 1.82) is 0 Å². The molecule has 2 aromatic rings. The van der Waals surface area contributed by atoms with E-state index in [9.17, 15) is 0 Å². The van der Waals surface area contributed by atoms with Crippen LogP contribution in [0.1, 0.15) is 5.56 Å². The van der Waals surface area contributed by atoms with Crippen molar-refractivity contribution in [2.24, 2.45) is 0 Å². The minimum absolute atomic E-state index is 0.0321. The molecule has 5 heteroatoms. The van der Waals surface area contributed by atoms with Crippen LogP contribution in [0.4, 0.5) is 0 Å². The van der Waals surface area contributed by atoms with E-state index >= 15 is 0 Å². The van der Waals surface area contributed by atoms with Gasteiger partial charge in [-0.3, -0.25) is 4.98 Å². The topological polar surface area (TPSA) is 55.2 Å². The molecule has 0 unspecified atom stereocenters. The van der Waals surface area contributed by atoms with Crippen LogP contribution < -0.4 is 4.74 Å². The highest BCUT2D eigenvalue weighted by Crippen LogP contribution is 2.22. The van der Waals surface area contributed by atoms with Crippen LogP contribution in [-0.2, 0) is 6.61 Å². The van der Waals surface area contributed by atoms with E-state index in [1.54, 1.807) is 36.8 Å². The number of aliphatic hydroxyl groups is 1. The Morgan fingerprint density at radius 2 is 2.19 bits per heavy atom. The summed E-state index contributed by atoms with van der Waals surface area (Å²) >= 11 is 3.30. The summed E-state index contributed by atoms with van der Waals surface area (Å²) in [4.78, 5) is 8.01. The molecule has 0 amide bonds. The lowest BCUT2D eigenvalue weighted by molar-refractivity contribution is 0.281. The Bertz CT molecular complexity index is 491. The van der Waals surface area contributed by atoms with Crippen molar-refractivity contribution < 1.29 is 9.84 Å². The summed E-state index contributed by atoms with van der Waals surface area (Å²) in [5.41, 5.74) is 0.757. The van der Waals surface area contributed by atoms with E-state index in [-0.39, 0.29) is 6.61 Å². The van der Waals surface area contributed by atoms with Crippen LogP contribution in [0.5, 0.6) is 11.6 Å². The summed E-state index contributed by atoms with van der Waals surface area (Å²) in [6.07, 6.45) is 4.86. The molecule has 0 spiro atoms. The molecule has 0 aliphatic carbocycles. The van der Waals surface area contributed by atoms with Crippen molar-refractivity contribution in [2.75, 3.05) is 0 Å². The summed E-state index contributed by atoms with van der Waals surface area (Å²) in [6, 6.07) is 5.20. The third-order valence-electron chi connectivity index (χ3n) is 1.88. The van der Waals surface area contributed by atoms with E-state index < -0.39 is 0 Å². The average molecular weight is 281 g/mol. The minimum Gasteiger partial charge on any atom is -0.437 e. The first-order valence-corrected chi connectivity index (χ1v) is 5.41. The molecule has 1 N–H and O–H groups in total. The number of rotatable bonds is 3. The predicted molar refractivity (Wildman–Crippen MR) is 62.2 cm³/mol. The Balaban J connectivity index is 2.20. The number of aliphatic hydroxyl groups excluding tert-OH is 1. The Morgan fingerprint density at radius 1 is 1.31 bits per heavy atom. The molecule has 0 atom stereocenters.